The first-order valence-corrected chi connectivity index (χ1v) is 27.0. The second-order valence-corrected chi connectivity index (χ2v) is 15.4. The van der Waals surface area contributed by atoms with E-state index in [-0.39, 0.29) is 0 Å². The summed E-state index contributed by atoms with van der Waals surface area (Å²) in [7, 11) is 0. The Labute approximate surface area is 490 Å². The number of allylic oxidation sites excluding steroid dienone is 79. The van der Waals surface area contributed by atoms with Gasteiger partial charge in [0, 0.05) is 0 Å². The van der Waals surface area contributed by atoms with Crippen LogP contribution in [-0.4, -0.2) is 0 Å². The Balaban J connectivity index is 4.10. The first-order chi connectivity index (χ1) is 40.4. The van der Waals surface area contributed by atoms with Gasteiger partial charge in [-0.3, -0.25) is 0 Å². The van der Waals surface area contributed by atoms with E-state index < -0.39 is 0 Å². The zero-order valence-corrected chi connectivity index (χ0v) is 47.3. The topological polar surface area (TPSA) is 0 Å². The van der Waals surface area contributed by atoms with Gasteiger partial charge in [-0.15, -0.1) is 0 Å². The highest BCUT2D eigenvalue weighted by atomic mass is 13.8. The lowest BCUT2D eigenvalue weighted by molar-refractivity contribution is 1.73. The van der Waals surface area contributed by atoms with E-state index in [1.807, 2.05) is 481 Å². The Morgan fingerprint density at radius 3 is 0.222 bits per heavy atom. The van der Waals surface area contributed by atoms with E-state index in [4.69, 9.17) is 0 Å². The molecule has 0 saturated heterocycles. The molecule has 0 atom stereocenters. The van der Waals surface area contributed by atoms with E-state index in [1.165, 1.54) is 0 Å². The third-order valence-electron chi connectivity index (χ3n) is 8.77. The third kappa shape index (κ3) is 69.6. The van der Waals surface area contributed by atoms with Crippen molar-refractivity contribution in [2.75, 3.05) is 0 Å². The van der Waals surface area contributed by atoms with Gasteiger partial charge in [-0.05, 0) is 6.92 Å². The fourth-order valence-corrected chi connectivity index (χ4v) is 5.00. The van der Waals surface area contributed by atoms with Crippen molar-refractivity contribution < 1.29 is 0 Å². The molecule has 0 amide bonds. The van der Waals surface area contributed by atoms with Gasteiger partial charge in [0.2, 0.25) is 0 Å². The molecule has 81 heavy (non-hydrogen) atoms. The Kier molecular flexibility index (Phi) is 60.7. The Morgan fingerprint density at radius 2 is 0.160 bits per heavy atom. The van der Waals surface area contributed by atoms with Crippen molar-refractivity contribution >= 4 is 0 Å². The van der Waals surface area contributed by atoms with E-state index in [2.05, 4.69) is 6.58 Å². The Bertz CT molecular complexity index is 2860. The summed E-state index contributed by atoms with van der Waals surface area (Å²) in [6.45, 7) is 5.63. The minimum absolute atomic E-state index is 1.75. The number of hydrogen-bond donors (Lipinski definition) is 0. The molecule has 0 saturated carbocycles. The van der Waals surface area contributed by atoms with Crippen LogP contribution < -0.4 is 0 Å². The molecule has 0 aliphatic rings. The molecule has 0 aliphatic heterocycles. The van der Waals surface area contributed by atoms with Crippen LogP contribution >= 0.6 is 0 Å². The van der Waals surface area contributed by atoms with Crippen LogP contribution in [0.3, 0.4) is 0 Å². The summed E-state index contributed by atoms with van der Waals surface area (Å²) in [5, 5.41) is 0. The van der Waals surface area contributed by atoms with Gasteiger partial charge < -0.3 is 0 Å². The minimum Gasteiger partial charge on any atom is -0.0991 e. The average Bonchev–Trinajstić information content (AvgIpc) is 3.48. The van der Waals surface area contributed by atoms with Gasteiger partial charge in [0.1, 0.15) is 0 Å². The smallest absolute Gasteiger partial charge is 0.0467 e. The third-order valence-corrected chi connectivity index (χ3v) is 8.77. The summed E-state index contributed by atoms with van der Waals surface area (Å²) in [5.74, 6) is 0. The van der Waals surface area contributed by atoms with Gasteiger partial charge >= 0.3 is 0 Å². The summed E-state index contributed by atoms with van der Waals surface area (Å²) in [4.78, 5) is 0. The van der Waals surface area contributed by atoms with E-state index in [1.54, 1.807) is 6.08 Å². The molecule has 0 bridgehead atoms. The lowest BCUT2D eigenvalue weighted by atomic mass is 10.3. The molecule has 0 unspecified atom stereocenters. The van der Waals surface area contributed by atoms with Crippen molar-refractivity contribution in [3.05, 3.63) is 487 Å². The molecule has 0 rings (SSSR count). The average molecular weight is 1060 g/mol. The van der Waals surface area contributed by atoms with Gasteiger partial charge in [-0.1, -0.05) is 487 Å². The molecule has 0 radical (unpaired) electrons. The lowest BCUT2D eigenvalue weighted by Crippen LogP contribution is -1.55. The van der Waals surface area contributed by atoms with Gasteiger partial charge in [-0.25, -0.2) is 0 Å². The van der Waals surface area contributed by atoms with Crippen LogP contribution in [0.5, 0.6) is 0 Å². The molecule has 0 fully saturated rings. The second kappa shape index (κ2) is 69.6. The predicted molar refractivity (Wildman–Crippen MR) is 372 cm³/mol. The Hall–Kier alpha value is -10.4. The fourth-order valence-electron chi connectivity index (χ4n) is 5.00. The van der Waals surface area contributed by atoms with E-state index in [0.717, 1.165) is 0 Å². The van der Waals surface area contributed by atoms with Crippen LogP contribution in [0.15, 0.2) is 487 Å². The molecule has 0 spiro atoms. The first-order valence-electron chi connectivity index (χ1n) is 27.0. The zero-order valence-electron chi connectivity index (χ0n) is 47.3. The van der Waals surface area contributed by atoms with Crippen molar-refractivity contribution in [1.29, 1.82) is 0 Å². The molecule has 0 heterocycles. The minimum atomic E-state index is 1.75. The molecule has 0 nitrogen and oxygen atoms in total. The summed E-state index contributed by atoms with van der Waals surface area (Å²) in [5.41, 5.74) is 0. The molecular weight excluding hydrogens is 973 g/mol. The first kappa shape index (κ1) is 70.6. The van der Waals surface area contributed by atoms with Gasteiger partial charge in [0.05, 0.1) is 0 Å². The monoisotopic (exact) mass is 1060 g/mol. The van der Waals surface area contributed by atoms with Gasteiger partial charge in [0.25, 0.3) is 0 Å². The summed E-state index contributed by atoms with van der Waals surface area (Å²) < 4.78 is 0. The van der Waals surface area contributed by atoms with E-state index in [0.29, 0.717) is 0 Å². The van der Waals surface area contributed by atoms with E-state index >= 15 is 0 Å². The highest BCUT2D eigenvalue weighted by Gasteiger charge is 1.72. The van der Waals surface area contributed by atoms with Crippen molar-refractivity contribution in [1.82, 2.24) is 0 Å². The van der Waals surface area contributed by atoms with Crippen LogP contribution in [0.25, 0.3) is 0 Å². The van der Waals surface area contributed by atoms with Crippen LogP contribution in [0, 0.1) is 0 Å². The van der Waals surface area contributed by atoms with Gasteiger partial charge in [0.15, 0.2) is 0 Å². The quantitative estimate of drug-likeness (QED) is 0.0538. The molecule has 0 aromatic heterocycles. The molecule has 0 aromatic rings. The molecule has 408 valence electrons. The molecule has 0 aromatic carbocycles. The van der Waals surface area contributed by atoms with Crippen LogP contribution in [0.4, 0.5) is 0 Å². The number of rotatable bonds is 39. The summed E-state index contributed by atoms with van der Waals surface area (Å²) in [6, 6.07) is 0. The molecule has 0 aliphatic carbocycles. The molecular formula is C81H84. The predicted octanol–water partition coefficient (Wildman–Crippen LogP) is 22.9. The SMILES string of the molecule is C=CC=CC=CC=CC=CC=CC=CC=CC=CC=CC=CC=CC=CC=CC=CC=CC=CC=CC=CC=CC=CC=CC=CC=CC=CC=CC=CC=CC=CC=CC=CC=CC=CC=CC=CC=CC=CC=CC=CC=CC. The standard InChI is InChI=1S/C81H84/c1-3-5-7-9-11-13-15-17-19-21-23-25-27-29-31-33-35-37-39-41-43-45-47-49-51-53-55-57-59-61-63-65-67-69-71-73-75-77-79-81-80-78-76-74-72-70-68-66-64-62-60-58-56-54-52-50-48-46-44-42-40-38-36-34-32-30-28-26-24-22-20-18-16-14-12-10-8-6-4-2/h3-81H,1H2,2H3. The zero-order chi connectivity index (χ0) is 57.9. The maximum Gasteiger partial charge on any atom is -0.0467 e. The normalized spacial score (nSPS) is 15.6. The second-order valence-electron chi connectivity index (χ2n) is 15.4. The highest BCUT2D eigenvalue weighted by Crippen LogP contribution is 1.93. The van der Waals surface area contributed by atoms with Gasteiger partial charge in [-0.2, -0.15) is 0 Å². The maximum atomic E-state index is 3.63. The summed E-state index contributed by atoms with van der Waals surface area (Å²) in [6.07, 6.45) is 157. The van der Waals surface area contributed by atoms with Crippen molar-refractivity contribution in [3.63, 3.8) is 0 Å². The fraction of sp³-hybridized carbons (Fsp3) is 0.0123. The molecule has 0 heteroatoms. The van der Waals surface area contributed by atoms with Crippen molar-refractivity contribution in [3.8, 4) is 0 Å². The van der Waals surface area contributed by atoms with Crippen LogP contribution in [0.1, 0.15) is 6.92 Å². The largest absolute Gasteiger partial charge is 0.0991 e. The maximum absolute atomic E-state index is 3.63. The Morgan fingerprint density at radius 1 is 0.0988 bits per heavy atom. The van der Waals surface area contributed by atoms with Crippen molar-refractivity contribution in [2.45, 2.75) is 6.92 Å². The van der Waals surface area contributed by atoms with Crippen LogP contribution in [-0.2, 0) is 0 Å². The van der Waals surface area contributed by atoms with E-state index in [9.17, 15) is 0 Å². The van der Waals surface area contributed by atoms with Crippen molar-refractivity contribution in [2.24, 2.45) is 0 Å². The van der Waals surface area contributed by atoms with Crippen LogP contribution in [0.2, 0.25) is 0 Å². The summed E-state index contributed by atoms with van der Waals surface area (Å²) >= 11 is 0. The highest BCUT2D eigenvalue weighted by molar-refractivity contribution is 5.29. The molecule has 0 N–H and O–H groups in total. The lowest BCUT2D eigenvalue weighted by Gasteiger charge is -1.77. The number of hydrogen-bond acceptors (Lipinski definition) is 0.